The monoisotopic (exact) mass is 341 g/mol. The molecule has 6 heteroatoms. The van der Waals surface area contributed by atoms with Crippen LogP contribution in [-0.4, -0.2) is 5.97 Å². The number of carbonyl (C=O) groups is 1. The Hall–Kier alpha value is -1.95. The summed E-state index contributed by atoms with van der Waals surface area (Å²) >= 11 is 3.04. The summed E-state index contributed by atoms with van der Waals surface area (Å²) in [5, 5.41) is 0. The van der Waals surface area contributed by atoms with Crippen molar-refractivity contribution in [1.82, 2.24) is 0 Å². The van der Waals surface area contributed by atoms with Crippen LogP contribution in [0.1, 0.15) is 15.9 Å². The Balaban J connectivity index is 2.04. The van der Waals surface area contributed by atoms with Crippen LogP contribution in [0.3, 0.4) is 0 Å². The number of nitrogens with two attached hydrogens (primary N) is 1. The fraction of sp³-hybridized carbons (Fsp3) is 0.0714. The molecule has 0 spiro atoms. The fourth-order valence-corrected chi connectivity index (χ4v) is 1.94. The molecule has 104 valence electrons. The number of halogens is 3. The Morgan fingerprint density at radius 1 is 1.15 bits per heavy atom. The van der Waals surface area contributed by atoms with E-state index in [9.17, 15) is 13.6 Å². The van der Waals surface area contributed by atoms with E-state index in [4.69, 9.17) is 10.5 Å². The van der Waals surface area contributed by atoms with E-state index in [0.717, 1.165) is 6.07 Å². The van der Waals surface area contributed by atoms with Crippen LogP contribution in [-0.2, 0) is 11.3 Å². The van der Waals surface area contributed by atoms with Crippen LogP contribution >= 0.6 is 15.9 Å². The van der Waals surface area contributed by atoms with Crippen molar-refractivity contribution in [2.45, 2.75) is 6.61 Å². The van der Waals surface area contributed by atoms with E-state index < -0.39 is 17.6 Å². The number of benzene rings is 2. The first-order chi connectivity index (χ1) is 9.47. The van der Waals surface area contributed by atoms with Gasteiger partial charge in [0.2, 0.25) is 0 Å². The van der Waals surface area contributed by atoms with Crippen molar-refractivity contribution in [3.63, 3.8) is 0 Å². The molecule has 3 nitrogen and oxygen atoms in total. The van der Waals surface area contributed by atoms with Crippen molar-refractivity contribution in [3.8, 4) is 0 Å². The Morgan fingerprint density at radius 2 is 1.90 bits per heavy atom. The van der Waals surface area contributed by atoms with E-state index in [1.165, 1.54) is 30.3 Å². The molecule has 2 N–H and O–H groups in total. The van der Waals surface area contributed by atoms with Gasteiger partial charge >= 0.3 is 5.97 Å². The van der Waals surface area contributed by atoms with Gasteiger partial charge in [0.05, 0.1) is 15.7 Å². The molecule has 0 saturated heterocycles. The third kappa shape index (κ3) is 3.33. The van der Waals surface area contributed by atoms with Gasteiger partial charge in [0, 0.05) is 0 Å². The zero-order valence-corrected chi connectivity index (χ0v) is 11.8. The maximum absolute atomic E-state index is 13.2. The van der Waals surface area contributed by atoms with Gasteiger partial charge in [-0.1, -0.05) is 6.07 Å². The van der Waals surface area contributed by atoms with Crippen molar-refractivity contribution >= 4 is 27.6 Å². The third-order valence-electron chi connectivity index (χ3n) is 2.59. The topological polar surface area (TPSA) is 52.3 Å². The van der Waals surface area contributed by atoms with Gasteiger partial charge in [-0.2, -0.15) is 0 Å². The largest absolute Gasteiger partial charge is 0.457 e. The lowest BCUT2D eigenvalue weighted by Gasteiger charge is -2.06. The SMILES string of the molecule is Nc1ccc(C(=O)OCc2ccc(F)c(Br)c2)cc1F. The Kier molecular flexibility index (Phi) is 4.34. The van der Waals surface area contributed by atoms with Crippen LogP contribution in [0.15, 0.2) is 40.9 Å². The number of carbonyl (C=O) groups excluding carboxylic acids is 1. The summed E-state index contributed by atoms with van der Waals surface area (Å²) in [7, 11) is 0. The van der Waals surface area contributed by atoms with Crippen molar-refractivity contribution in [2.75, 3.05) is 5.73 Å². The minimum absolute atomic E-state index is 0.0379. The average Bonchev–Trinajstić information content (AvgIpc) is 2.43. The van der Waals surface area contributed by atoms with Gasteiger partial charge in [-0.15, -0.1) is 0 Å². The first-order valence-corrected chi connectivity index (χ1v) is 6.43. The van der Waals surface area contributed by atoms with E-state index in [0.29, 0.717) is 5.56 Å². The summed E-state index contributed by atoms with van der Waals surface area (Å²) in [4.78, 5) is 11.7. The lowest BCUT2D eigenvalue weighted by Crippen LogP contribution is -2.06. The summed E-state index contributed by atoms with van der Waals surface area (Å²) < 4.78 is 31.6. The van der Waals surface area contributed by atoms with Gasteiger partial charge in [0.1, 0.15) is 18.2 Å². The number of hydrogen-bond acceptors (Lipinski definition) is 3. The summed E-state index contributed by atoms with van der Waals surface area (Å²) in [6, 6.07) is 7.94. The molecule has 0 aliphatic heterocycles. The number of anilines is 1. The van der Waals surface area contributed by atoms with Crippen molar-refractivity contribution in [1.29, 1.82) is 0 Å². The molecule has 20 heavy (non-hydrogen) atoms. The average molecular weight is 342 g/mol. The Morgan fingerprint density at radius 3 is 2.55 bits per heavy atom. The second-order valence-electron chi connectivity index (χ2n) is 4.06. The van der Waals surface area contributed by atoms with Crippen molar-refractivity contribution in [2.24, 2.45) is 0 Å². The number of esters is 1. The molecule has 0 unspecified atom stereocenters. The molecule has 2 rings (SSSR count). The van der Waals surface area contributed by atoms with Gasteiger partial charge in [0.25, 0.3) is 0 Å². The lowest BCUT2D eigenvalue weighted by atomic mass is 10.2. The highest BCUT2D eigenvalue weighted by molar-refractivity contribution is 9.10. The number of nitrogen functional groups attached to an aromatic ring is 1. The Bertz CT molecular complexity index is 662. The van der Waals surface area contributed by atoms with Gasteiger partial charge in [-0.3, -0.25) is 0 Å². The predicted molar refractivity (Wildman–Crippen MR) is 74.0 cm³/mol. The van der Waals surface area contributed by atoms with Gasteiger partial charge in [-0.25, -0.2) is 13.6 Å². The lowest BCUT2D eigenvalue weighted by molar-refractivity contribution is 0.0472. The highest BCUT2D eigenvalue weighted by Crippen LogP contribution is 2.18. The quantitative estimate of drug-likeness (QED) is 0.684. The molecule has 0 bridgehead atoms. The molecule has 0 fully saturated rings. The molecule has 0 aliphatic carbocycles. The smallest absolute Gasteiger partial charge is 0.338 e. The molecule has 2 aromatic carbocycles. The molecule has 0 saturated carbocycles. The zero-order chi connectivity index (χ0) is 14.7. The van der Waals surface area contributed by atoms with Crippen LogP contribution in [0.2, 0.25) is 0 Å². The number of rotatable bonds is 3. The first-order valence-electron chi connectivity index (χ1n) is 5.63. The highest BCUT2D eigenvalue weighted by atomic mass is 79.9. The maximum Gasteiger partial charge on any atom is 0.338 e. The summed E-state index contributed by atoms with van der Waals surface area (Å²) in [6.45, 7) is -0.0380. The van der Waals surface area contributed by atoms with E-state index in [-0.39, 0.29) is 22.3 Å². The maximum atomic E-state index is 13.2. The predicted octanol–water partition coefficient (Wildman–Crippen LogP) is 3.67. The summed E-state index contributed by atoms with van der Waals surface area (Å²) in [6.07, 6.45) is 0. The number of hydrogen-bond donors (Lipinski definition) is 1. The van der Waals surface area contributed by atoms with E-state index in [2.05, 4.69) is 15.9 Å². The van der Waals surface area contributed by atoms with E-state index in [1.807, 2.05) is 0 Å². The zero-order valence-electron chi connectivity index (χ0n) is 10.2. The second kappa shape index (κ2) is 6.00. The molecule has 0 heterocycles. The van der Waals surface area contributed by atoms with Gasteiger partial charge in [0.15, 0.2) is 0 Å². The van der Waals surface area contributed by atoms with Gasteiger partial charge < -0.3 is 10.5 Å². The van der Waals surface area contributed by atoms with Crippen LogP contribution in [0, 0.1) is 11.6 Å². The first kappa shape index (κ1) is 14.5. The Labute approximate surface area is 122 Å². The highest BCUT2D eigenvalue weighted by Gasteiger charge is 2.10. The molecular weight excluding hydrogens is 332 g/mol. The molecule has 2 aromatic rings. The van der Waals surface area contributed by atoms with Crippen LogP contribution in [0.4, 0.5) is 14.5 Å². The van der Waals surface area contributed by atoms with Gasteiger partial charge in [-0.05, 0) is 51.8 Å². The molecule has 0 aliphatic rings. The molecule has 0 atom stereocenters. The minimum Gasteiger partial charge on any atom is -0.457 e. The molecule has 0 aromatic heterocycles. The molecule has 0 radical (unpaired) electrons. The third-order valence-corrected chi connectivity index (χ3v) is 3.20. The van der Waals surface area contributed by atoms with Crippen LogP contribution < -0.4 is 5.73 Å². The van der Waals surface area contributed by atoms with E-state index in [1.54, 1.807) is 0 Å². The number of ether oxygens (including phenoxy) is 1. The summed E-state index contributed by atoms with van der Waals surface area (Å²) in [5.41, 5.74) is 5.96. The van der Waals surface area contributed by atoms with Crippen molar-refractivity contribution < 1.29 is 18.3 Å². The normalized spacial score (nSPS) is 10.3. The fourth-order valence-electron chi connectivity index (χ4n) is 1.52. The van der Waals surface area contributed by atoms with Crippen LogP contribution in [0.5, 0.6) is 0 Å². The molecule has 0 amide bonds. The standard InChI is InChI=1S/C14H10BrF2NO2/c15-10-5-8(1-3-11(10)16)7-20-14(19)9-2-4-13(18)12(17)6-9/h1-6H,7,18H2. The summed E-state index contributed by atoms with van der Waals surface area (Å²) in [5.74, 6) is -1.76. The van der Waals surface area contributed by atoms with Crippen LogP contribution in [0.25, 0.3) is 0 Å². The van der Waals surface area contributed by atoms with Crippen molar-refractivity contribution in [3.05, 3.63) is 63.6 Å². The second-order valence-corrected chi connectivity index (χ2v) is 4.92. The molecular formula is C14H10BrF2NO2. The minimum atomic E-state index is -0.677. The van der Waals surface area contributed by atoms with E-state index >= 15 is 0 Å².